The Hall–Kier alpha value is -0.320. The summed E-state index contributed by atoms with van der Waals surface area (Å²) in [5, 5.41) is 3.93. The summed E-state index contributed by atoms with van der Waals surface area (Å²) in [5.41, 5.74) is 0.901. The fraction of sp³-hybridized carbons (Fsp3) is 0.538. The maximum atomic E-state index is 13.3. The fourth-order valence-electron chi connectivity index (χ4n) is 2.40. The van der Waals surface area contributed by atoms with Crippen LogP contribution in [0.3, 0.4) is 0 Å². The molecule has 1 N–H and O–H groups in total. The molecule has 0 amide bonds. The quantitative estimate of drug-likeness (QED) is 0.884. The summed E-state index contributed by atoms with van der Waals surface area (Å²) in [6.07, 6.45) is 1.03. The lowest BCUT2D eigenvalue weighted by atomic mass is 10.1. The molecule has 0 saturated carbocycles. The van der Waals surface area contributed by atoms with Crippen molar-refractivity contribution in [1.29, 1.82) is 0 Å². The molecule has 2 atom stereocenters. The molecule has 0 bridgehead atoms. The largest absolute Gasteiger partial charge is 0.364 e. The van der Waals surface area contributed by atoms with E-state index in [-0.39, 0.29) is 5.82 Å². The van der Waals surface area contributed by atoms with Gasteiger partial charge in [-0.1, -0.05) is 18.5 Å². The van der Waals surface area contributed by atoms with E-state index < -0.39 is 0 Å². The van der Waals surface area contributed by atoms with E-state index in [1.54, 1.807) is 0 Å². The number of nitrogens with zero attached hydrogens (tertiary/aromatic N) is 1. The summed E-state index contributed by atoms with van der Waals surface area (Å²) in [6.45, 7) is 6.10. The maximum absolute atomic E-state index is 13.3. The molecule has 1 saturated heterocycles. The van der Waals surface area contributed by atoms with E-state index in [1.807, 2.05) is 0 Å². The Morgan fingerprint density at radius 1 is 1.56 bits per heavy atom. The van der Waals surface area contributed by atoms with Crippen LogP contribution in [-0.2, 0) is 0 Å². The Balaban J connectivity index is 2.39. The molecule has 0 radical (unpaired) electrons. The van der Waals surface area contributed by atoms with Crippen molar-refractivity contribution in [2.75, 3.05) is 18.0 Å². The molecule has 1 aliphatic heterocycles. The SMILES string of the molecule is CCC1CNC(C)CN1c1c(Cl)cc(F)cc1Br. The lowest BCUT2D eigenvalue weighted by Crippen LogP contribution is -2.55. The predicted octanol–water partition coefficient (Wildman–Crippen LogP) is 3.82. The van der Waals surface area contributed by atoms with Crippen LogP contribution in [0.4, 0.5) is 10.1 Å². The maximum Gasteiger partial charge on any atom is 0.125 e. The van der Waals surface area contributed by atoms with Gasteiger partial charge in [-0.05, 0) is 41.4 Å². The highest BCUT2D eigenvalue weighted by atomic mass is 79.9. The van der Waals surface area contributed by atoms with Crippen LogP contribution in [0, 0.1) is 5.82 Å². The van der Waals surface area contributed by atoms with Crippen LogP contribution in [-0.4, -0.2) is 25.2 Å². The van der Waals surface area contributed by atoms with Gasteiger partial charge in [0.2, 0.25) is 0 Å². The van der Waals surface area contributed by atoms with Gasteiger partial charge >= 0.3 is 0 Å². The van der Waals surface area contributed by atoms with Gasteiger partial charge < -0.3 is 10.2 Å². The van der Waals surface area contributed by atoms with Crippen LogP contribution in [0.5, 0.6) is 0 Å². The third-order valence-corrected chi connectivity index (χ3v) is 4.25. The van der Waals surface area contributed by atoms with E-state index in [4.69, 9.17) is 11.6 Å². The zero-order chi connectivity index (χ0) is 13.3. The number of nitrogens with one attached hydrogen (secondary N) is 1. The first-order valence-electron chi connectivity index (χ1n) is 6.17. The van der Waals surface area contributed by atoms with E-state index in [9.17, 15) is 4.39 Å². The third-order valence-electron chi connectivity index (χ3n) is 3.35. The predicted molar refractivity (Wildman–Crippen MR) is 78.0 cm³/mol. The highest BCUT2D eigenvalue weighted by Crippen LogP contribution is 2.37. The van der Waals surface area contributed by atoms with Gasteiger partial charge in [0.1, 0.15) is 5.82 Å². The van der Waals surface area contributed by atoms with Gasteiger partial charge in [0.25, 0.3) is 0 Å². The Bertz CT molecular complexity index is 418. The molecule has 0 spiro atoms. The number of piperazine rings is 1. The van der Waals surface area contributed by atoms with Gasteiger partial charge in [-0.3, -0.25) is 0 Å². The Kier molecular flexibility index (Phi) is 4.51. The summed E-state index contributed by atoms with van der Waals surface area (Å²) < 4.78 is 14.0. The zero-order valence-corrected chi connectivity index (χ0v) is 12.9. The molecule has 18 heavy (non-hydrogen) atoms. The second kappa shape index (κ2) is 5.76. The van der Waals surface area contributed by atoms with Crippen LogP contribution >= 0.6 is 27.5 Å². The molecule has 2 unspecified atom stereocenters. The van der Waals surface area contributed by atoms with Crippen LogP contribution < -0.4 is 10.2 Å². The first kappa shape index (κ1) is 14.1. The van der Waals surface area contributed by atoms with Crippen LogP contribution in [0.1, 0.15) is 20.3 Å². The summed E-state index contributed by atoms with van der Waals surface area (Å²) in [7, 11) is 0. The van der Waals surface area contributed by atoms with Gasteiger partial charge in [0.15, 0.2) is 0 Å². The first-order valence-corrected chi connectivity index (χ1v) is 7.34. The van der Waals surface area contributed by atoms with Gasteiger partial charge in [-0.25, -0.2) is 4.39 Å². The fourth-order valence-corrected chi connectivity index (χ4v) is 3.49. The standard InChI is InChI=1S/C13H17BrClFN2/c1-3-10-6-17-8(2)7-18(10)13-11(14)4-9(16)5-12(13)15/h4-5,8,10,17H,3,6-7H2,1-2H3. The summed E-state index contributed by atoms with van der Waals surface area (Å²) in [6, 6.07) is 3.64. The highest BCUT2D eigenvalue weighted by Gasteiger charge is 2.27. The number of anilines is 1. The van der Waals surface area contributed by atoms with Crippen molar-refractivity contribution < 1.29 is 4.39 Å². The highest BCUT2D eigenvalue weighted by molar-refractivity contribution is 9.10. The van der Waals surface area contributed by atoms with E-state index in [2.05, 4.69) is 40.0 Å². The minimum atomic E-state index is -0.313. The molecule has 1 aliphatic rings. The Morgan fingerprint density at radius 2 is 2.28 bits per heavy atom. The van der Waals surface area contributed by atoms with Gasteiger partial charge in [-0.2, -0.15) is 0 Å². The van der Waals surface area contributed by atoms with Crippen molar-refractivity contribution in [3.63, 3.8) is 0 Å². The molecule has 0 aromatic heterocycles. The molecule has 5 heteroatoms. The number of benzene rings is 1. The van der Waals surface area contributed by atoms with Crippen LogP contribution in [0.25, 0.3) is 0 Å². The molecule has 1 heterocycles. The first-order chi connectivity index (χ1) is 8.52. The van der Waals surface area contributed by atoms with E-state index in [0.717, 1.165) is 29.7 Å². The molecular formula is C13H17BrClFN2. The lowest BCUT2D eigenvalue weighted by Gasteiger charge is -2.41. The van der Waals surface area contributed by atoms with E-state index >= 15 is 0 Å². The number of hydrogen-bond acceptors (Lipinski definition) is 2. The van der Waals surface area contributed by atoms with Crippen molar-refractivity contribution in [2.24, 2.45) is 0 Å². The molecule has 100 valence electrons. The van der Waals surface area contributed by atoms with Gasteiger partial charge in [0.05, 0.1) is 10.7 Å². The van der Waals surface area contributed by atoms with Crippen molar-refractivity contribution in [2.45, 2.75) is 32.4 Å². The number of rotatable bonds is 2. The van der Waals surface area contributed by atoms with Crippen molar-refractivity contribution in [3.8, 4) is 0 Å². The van der Waals surface area contributed by atoms with Crippen molar-refractivity contribution >= 4 is 33.2 Å². The summed E-state index contributed by atoms with van der Waals surface area (Å²) >= 11 is 9.63. The molecule has 0 aliphatic carbocycles. The second-order valence-corrected chi connectivity index (χ2v) is 6.00. The van der Waals surface area contributed by atoms with E-state index in [1.165, 1.54) is 12.1 Å². The van der Waals surface area contributed by atoms with Gasteiger partial charge in [0, 0.05) is 29.6 Å². The Morgan fingerprint density at radius 3 is 2.89 bits per heavy atom. The molecule has 1 aromatic rings. The number of halogens is 3. The van der Waals surface area contributed by atoms with Crippen LogP contribution in [0.15, 0.2) is 16.6 Å². The van der Waals surface area contributed by atoms with Crippen molar-refractivity contribution in [3.05, 3.63) is 27.4 Å². The van der Waals surface area contributed by atoms with Crippen molar-refractivity contribution in [1.82, 2.24) is 5.32 Å². The monoisotopic (exact) mass is 334 g/mol. The van der Waals surface area contributed by atoms with Gasteiger partial charge in [-0.15, -0.1) is 0 Å². The second-order valence-electron chi connectivity index (χ2n) is 4.74. The number of hydrogen-bond donors (Lipinski definition) is 1. The molecule has 1 aromatic carbocycles. The summed E-state index contributed by atoms with van der Waals surface area (Å²) in [4.78, 5) is 2.27. The normalized spacial score (nSPS) is 24.4. The Labute approximate surface area is 121 Å². The molecule has 2 rings (SSSR count). The zero-order valence-electron chi connectivity index (χ0n) is 10.5. The average Bonchev–Trinajstić information content (AvgIpc) is 2.28. The molecule has 1 fully saturated rings. The topological polar surface area (TPSA) is 15.3 Å². The average molecular weight is 336 g/mol. The van der Waals surface area contributed by atoms with Crippen LogP contribution in [0.2, 0.25) is 5.02 Å². The van der Waals surface area contributed by atoms with E-state index in [0.29, 0.717) is 17.1 Å². The smallest absolute Gasteiger partial charge is 0.125 e. The minimum absolute atomic E-state index is 0.313. The lowest BCUT2D eigenvalue weighted by molar-refractivity contribution is 0.402. The summed E-state index contributed by atoms with van der Waals surface area (Å²) in [5.74, 6) is -0.313. The molecule has 2 nitrogen and oxygen atoms in total. The third kappa shape index (κ3) is 2.81. The minimum Gasteiger partial charge on any atom is -0.364 e. The molecular weight excluding hydrogens is 319 g/mol.